The molecular weight excluding hydrogens is 655 g/mol. The first-order valence-corrected chi connectivity index (χ1v) is 20.9. The lowest BCUT2D eigenvalue weighted by Gasteiger charge is -2.41. The highest BCUT2D eigenvalue weighted by molar-refractivity contribution is 7.47. The van der Waals surface area contributed by atoms with E-state index in [1.54, 1.807) is 0 Å². The Balaban J connectivity index is 2.47. The van der Waals surface area contributed by atoms with Gasteiger partial charge in [0.25, 0.3) is 0 Å². The van der Waals surface area contributed by atoms with Crippen molar-refractivity contribution in [3.05, 3.63) is 0 Å². The van der Waals surface area contributed by atoms with E-state index in [1.165, 1.54) is 96.3 Å². The Bertz CT molecular complexity index is 833. The fourth-order valence-corrected chi connectivity index (χ4v) is 7.03. The maximum atomic E-state index is 12.7. The Morgan fingerprint density at radius 3 is 1.41 bits per heavy atom. The van der Waals surface area contributed by atoms with Gasteiger partial charge in [-0.05, 0) is 12.8 Å². The van der Waals surface area contributed by atoms with Crippen LogP contribution < -0.4 is 0 Å². The molecule has 0 aromatic rings. The number of rotatable bonds is 32. The number of esters is 1. The number of aliphatic hydroxyl groups is 5. The molecule has 1 saturated carbocycles. The molecule has 1 aliphatic rings. The SMILES string of the molecule is CCCCCCCCCCCCCCOCC(COP(=O)(O)OC1C(O)C(O)C(O)C(O)C1O)OC(=O)CCCCCCCCCCCC. The number of hydrogen-bond donors (Lipinski definition) is 6. The van der Waals surface area contributed by atoms with E-state index in [2.05, 4.69) is 13.8 Å². The molecular formula is C36H71O12P. The maximum absolute atomic E-state index is 12.7. The van der Waals surface area contributed by atoms with Gasteiger partial charge in [-0.15, -0.1) is 0 Å². The lowest BCUT2D eigenvalue weighted by Crippen LogP contribution is -2.64. The van der Waals surface area contributed by atoms with Gasteiger partial charge in [-0.1, -0.05) is 142 Å². The summed E-state index contributed by atoms with van der Waals surface area (Å²) in [5.74, 6) is -0.478. The summed E-state index contributed by atoms with van der Waals surface area (Å²) in [5.41, 5.74) is 0. The molecule has 1 fully saturated rings. The normalized spacial score (nSPS) is 24.5. The van der Waals surface area contributed by atoms with Gasteiger partial charge in [-0.3, -0.25) is 13.8 Å². The fraction of sp³-hybridized carbons (Fsp3) is 0.972. The Labute approximate surface area is 295 Å². The van der Waals surface area contributed by atoms with E-state index in [1.807, 2.05) is 0 Å². The third kappa shape index (κ3) is 22.1. The molecule has 0 bridgehead atoms. The largest absolute Gasteiger partial charge is 0.472 e. The molecule has 6 unspecified atom stereocenters. The fourth-order valence-electron chi connectivity index (χ4n) is 6.06. The number of aliphatic hydroxyl groups excluding tert-OH is 5. The molecule has 6 atom stereocenters. The predicted molar refractivity (Wildman–Crippen MR) is 189 cm³/mol. The second-order valence-corrected chi connectivity index (χ2v) is 15.2. The Morgan fingerprint density at radius 2 is 0.959 bits per heavy atom. The van der Waals surface area contributed by atoms with Gasteiger partial charge in [0.2, 0.25) is 0 Å². The first-order chi connectivity index (χ1) is 23.5. The summed E-state index contributed by atoms with van der Waals surface area (Å²) in [7, 11) is -5.00. The summed E-state index contributed by atoms with van der Waals surface area (Å²) in [6.45, 7) is 4.22. The summed E-state index contributed by atoms with van der Waals surface area (Å²) >= 11 is 0. The second kappa shape index (κ2) is 28.9. The zero-order valence-corrected chi connectivity index (χ0v) is 31.4. The molecule has 0 radical (unpaired) electrons. The third-order valence-electron chi connectivity index (χ3n) is 9.23. The molecule has 13 heteroatoms. The molecule has 49 heavy (non-hydrogen) atoms. The third-order valence-corrected chi connectivity index (χ3v) is 10.2. The number of unbranched alkanes of at least 4 members (excludes halogenated alkanes) is 20. The van der Waals surface area contributed by atoms with Crippen LogP contribution in [0.15, 0.2) is 0 Å². The van der Waals surface area contributed by atoms with Crippen LogP contribution in [0.4, 0.5) is 0 Å². The number of phosphoric ester groups is 1. The molecule has 0 heterocycles. The van der Waals surface area contributed by atoms with Gasteiger partial charge in [0, 0.05) is 13.0 Å². The van der Waals surface area contributed by atoms with Crippen molar-refractivity contribution in [2.75, 3.05) is 19.8 Å². The number of carbonyl (C=O) groups excluding carboxylic acids is 1. The molecule has 0 amide bonds. The van der Waals surface area contributed by atoms with Gasteiger partial charge in [0.1, 0.15) is 42.7 Å². The van der Waals surface area contributed by atoms with Gasteiger partial charge in [0.15, 0.2) is 0 Å². The van der Waals surface area contributed by atoms with Crippen LogP contribution in [0, 0.1) is 0 Å². The molecule has 0 aromatic heterocycles. The van der Waals surface area contributed by atoms with Crippen LogP contribution in [-0.4, -0.2) is 98.9 Å². The zero-order valence-electron chi connectivity index (χ0n) is 30.5. The molecule has 1 aliphatic carbocycles. The van der Waals surface area contributed by atoms with Crippen molar-refractivity contribution in [1.29, 1.82) is 0 Å². The van der Waals surface area contributed by atoms with Gasteiger partial charge in [-0.2, -0.15) is 0 Å². The predicted octanol–water partition coefficient (Wildman–Crippen LogP) is 6.25. The Hall–Kier alpha value is -0.660. The highest BCUT2D eigenvalue weighted by Gasteiger charge is 2.51. The van der Waals surface area contributed by atoms with E-state index in [9.17, 15) is 39.8 Å². The number of phosphoric acid groups is 1. The monoisotopic (exact) mass is 726 g/mol. The minimum absolute atomic E-state index is 0.0693. The topological polar surface area (TPSA) is 192 Å². The van der Waals surface area contributed by atoms with Crippen LogP contribution in [0.5, 0.6) is 0 Å². The van der Waals surface area contributed by atoms with E-state index in [0.717, 1.165) is 38.5 Å². The lowest BCUT2D eigenvalue weighted by molar-refractivity contribution is -0.220. The van der Waals surface area contributed by atoms with E-state index in [0.29, 0.717) is 13.0 Å². The molecule has 0 aliphatic heterocycles. The quantitative estimate of drug-likeness (QED) is 0.0260. The summed E-state index contributed by atoms with van der Waals surface area (Å²) < 4.78 is 33.9. The summed E-state index contributed by atoms with van der Waals surface area (Å²) in [4.78, 5) is 22.9. The van der Waals surface area contributed by atoms with Crippen molar-refractivity contribution in [3.63, 3.8) is 0 Å². The number of carbonyl (C=O) groups is 1. The molecule has 12 nitrogen and oxygen atoms in total. The van der Waals surface area contributed by atoms with Gasteiger partial charge in [-0.25, -0.2) is 4.57 Å². The van der Waals surface area contributed by atoms with Gasteiger partial charge < -0.3 is 39.9 Å². The van der Waals surface area contributed by atoms with Crippen molar-refractivity contribution in [1.82, 2.24) is 0 Å². The molecule has 6 N–H and O–H groups in total. The average Bonchev–Trinajstić information content (AvgIpc) is 3.08. The van der Waals surface area contributed by atoms with E-state index < -0.39 is 63.1 Å². The van der Waals surface area contributed by atoms with Crippen molar-refractivity contribution in [3.8, 4) is 0 Å². The summed E-state index contributed by atoms with van der Waals surface area (Å²) in [6.07, 6.45) is 13.3. The van der Waals surface area contributed by atoms with E-state index in [4.69, 9.17) is 18.5 Å². The van der Waals surface area contributed by atoms with E-state index >= 15 is 0 Å². The second-order valence-electron chi connectivity index (χ2n) is 13.8. The van der Waals surface area contributed by atoms with E-state index in [-0.39, 0.29) is 13.0 Å². The van der Waals surface area contributed by atoms with Crippen LogP contribution in [0.2, 0.25) is 0 Å². The van der Waals surface area contributed by atoms with Crippen molar-refractivity contribution < 1.29 is 58.3 Å². The van der Waals surface area contributed by atoms with Crippen LogP contribution in [0.1, 0.15) is 162 Å². The van der Waals surface area contributed by atoms with Crippen molar-refractivity contribution >= 4 is 13.8 Å². The lowest BCUT2D eigenvalue weighted by atomic mass is 9.85. The van der Waals surface area contributed by atoms with Gasteiger partial charge >= 0.3 is 13.8 Å². The zero-order chi connectivity index (χ0) is 36.3. The van der Waals surface area contributed by atoms with Crippen molar-refractivity contribution in [2.24, 2.45) is 0 Å². The summed E-state index contributed by atoms with van der Waals surface area (Å²) in [5, 5.41) is 49.9. The Kier molecular flexibility index (Phi) is 27.3. The minimum Gasteiger partial charge on any atom is -0.457 e. The first kappa shape index (κ1) is 46.4. The van der Waals surface area contributed by atoms with Crippen LogP contribution in [-0.2, 0) is 27.9 Å². The van der Waals surface area contributed by atoms with Crippen LogP contribution >= 0.6 is 7.82 Å². The van der Waals surface area contributed by atoms with Crippen LogP contribution in [0.3, 0.4) is 0 Å². The highest BCUT2D eigenvalue weighted by Crippen LogP contribution is 2.47. The molecule has 0 aromatic carbocycles. The number of hydrogen-bond acceptors (Lipinski definition) is 11. The molecule has 0 spiro atoms. The average molecular weight is 727 g/mol. The maximum Gasteiger partial charge on any atom is 0.472 e. The minimum atomic E-state index is -5.00. The Morgan fingerprint density at radius 1 is 0.571 bits per heavy atom. The summed E-state index contributed by atoms with van der Waals surface area (Å²) in [6, 6.07) is 0. The standard InChI is InChI=1S/C36H71O12P/c1-3-5-7-9-11-13-15-16-18-20-22-24-26-45-27-29(47-30(37)25-23-21-19-17-14-12-10-8-6-4-2)28-46-49(43,44)48-36-34(41)32(39)31(38)33(40)35(36)42/h29,31-36,38-42H,3-28H2,1-2H3,(H,43,44). The first-order valence-electron chi connectivity index (χ1n) is 19.4. The van der Waals surface area contributed by atoms with Gasteiger partial charge in [0.05, 0.1) is 13.2 Å². The molecule has 0 saturated heterocycles. The molecule has 1 rings (SSSR count). The smallest absolute Gasteiger partial charge is 0.457 e. The number of ether oxygens (including phenoxy) is 2. The van der Waals surface area contributed by atoms with Crippen LogP contribution in [0.25, 0.3) is 0 Å². The highest BCUT2D eigenvalue weighted by atomic mass is 31.2. The van der Waals surface area contributed by atoms with Crippen molar-refractivity contribution in [2.45, 2.75) is 204 Å². The molecule has 292 valence electrons.